The quantitative estimate of drug-likeness (QED) is 0.468. The molecule has 2 amide bonds. The van der Waals surface area contributed by atoms with Crippen LogP contribution in [0.3, 0.4) is 0 Å². The summed E-state index contributed by atoms with van der Waals surface area (Å²) in [6.07, 6.45) is 1.97. The average Bonchev–Trinajstić information content (AvgIpc) is 2.76. The Bertz CT molecular complexity index is 1100. The molecule has 0 saturated heterocycles. The molecule has 2 aromatic carbocycles. The first-order valence-corrected chi connectivity index (χ1v) is 13.9. The molecule has 0 heterocycles. The van der Waals surface area contributed by atoms with E-state index in [1.807, 2.05) is 52.0 Å². The molecule has 0 aromatic heterocycles. The van der Waals surface area contributed by atoms with Gasteiger partial charge in [0.2, 0.25) is 21.8 Å². The van der Waals surface area contributed by atoms with Crippen molar-refractivity contribution < 1.29 is 18.0 Å². The van der Waals surface area contributed by atoms with Gasteiger partial charge in [0, 0.05) is 30.1 Å². The lowest BCUT2D eigenvalue weighted by atomic mass is 10.0. The summed E-state index contributed by atoms with van der Waals surface area (Å²) < 4.78 is 26.0. The molecule has 2 aromatic rings. The predicted molar refractivity (Wildman–Crippen MR) is 142 cm³/mol. The van der Waals surface area contributed by atoms with Crippen molar-refractivity contribution in [3.05, 3.63) is 65.2 Å². The second-order valence-electron chi connectivity index (χ2n) is 9.55. The van der Waals surface area contributed by atoms with Crippen molar-refractivity contribution in [1.82, 2.24) is 10.2 Å². The van der Waals surface area contributed by atoms with Gasteiger partial charge in [-0.05, 0) is 57.4 Å². The van der Waals surface area contributed by atoms with Crippen LogP contribution in [0.2, 0.25) is 5.02 Å². The summed E-state index contributed by atoms with van der Waals surface area (Å²) in [5.41, 5.74) is 0.841. The third kappa shape index (κ3) is 8.85. The SMILES string of the molecule is CC[C@@H](C(=O)NC(C)(C)C)N(Cc1ccccc1Cl)C(=O)CCCN(c1ccccc1)S(C)(=O)=O. The number of hydrogen-bond acceptors (Lipinski definition) is 4. The number of nitrogens with zero attached hydrogens (tertiary/aromatic N) is 2. The van der Waals surface area contributed by atoms with Crippen molar-refractivity contribution >= 4 is 39.1 Å². The van der Waals surface area contributed by atoms with Crippen molar-refractivity contribution in [3.63, 3.8) is 0 Å². The van der Waals surface area contributed by atoms with Crippen LogP contribution in [-0.4, -0.2) is 49.5 Å². The molecule has 1 N–H and O–H groups in total. The number of amides is 2. The Kier molecular flexibility index (Phi) is 10.2. The van der Waals surface area contributed by atoms with Gasteiger partial charge in [0.15, 0.2) is 0 Å². The summed E-state index contributed by atoms with van der Waals surface area (Å²) >= 11 is 6.36. The first-order valence-electron chi connectivity index (χ1n) is 11.7. The van der Waals surface area contributed by atoms with E-state index in [-0.39, 0.29) is 31.3 Å². The summed E-state index contributed by atoms with van der Waals surface area (Å²) in [4.78, 5) is 28.1. The van der Waals surface area contributed by atoms with E-state index >= 15 is 0 Å². The summed E-state index contributed by atoms with van der Waals surface area (Å²) in [5, 5.41) is 3.49. The number of carbonyl (C=O) groups is 2. The van der Waals surface area contributed by atoms with Crippen LogP contribution in [0.5, 0.6) is 0 Å². The van der Waals surface area contributed by atoms with Gasteiger partial charge < -0.3 is 10.2 Å². The molecule has 0 fully saturated rings. The molecule has 0 aliphatic heterocycles. The van der Waals surface area contributed by atoms with Gasteiger partial charge >= 0.3 is 0 Å². The largest absolute Gasteiger partial charge is 0.350 e. The van der Waals surface area contributed by atoms with E-state index in [9.17, 15) is 18.0 Å². The number of benzene rings is 2. The Labute approximate surface area is 214 Å². The van der Waals surface area contributed by atoms with Crippen LogP contribution in [0, 0.1) is 0 Å². The minimum absolute atomic E-state index is 0.0859. The van der Waals surface area contributed by atoms with Crippen LogP contribution >= 0.6 is 11.6 Å². The fourth-order valence-electron chi connectivity index (χ4n) is 3.78. The third-order valence-corrected chi connectivity index (χ3v) is 6.94. The highest BCUT2D eigenvalue weighted by Gasteiger charge is 2.31. The molecule has 35 heavy (non-hydrogen) atoms. The average molecular weight is 522 g/mol. The molecular weight excluding hydrogens is 486 g/mol. The zero-order chi connectivity index (χ0) is 26.2. The molecule has 1 atom stereocenters. The van der Waals surface area contributed by atoms with Gasteiger partial charge in [-0.1, -0.05) is 54.9 Å². The van der Waals surface area contributed by atoms with E-state index in [4.69, 9.17) is 11.6 Å². The number of anilines is 1. The van der Waals surface area contributed by atoms with E-state index in [1.54, 1.807) is 35.2 Å². The molecule has 2 rings (SSSR count). The van der Waals surface area contributed by atoms with Gasteiger partial charge in [0.05, 0.1) is 11.9 Å². The lowest BCUT2D eigenvalue weighted by molar-refractivity contribution is -0.142. The van der Waals surface area contributed by atoms with Crippen molar-refractivity contribution in [2.75, 3.05) is 17.1 Å². The predicted octanol–water partition coefficient (Wildman–Crippen LogP) is 4.61. The van der Waals surface area contributed by atoms with Crippen molar-refractivity contribution in [2.24, 2.45) is 0 Å². The van der Waals surface area contributed by atoms with Crippen LogP contribution in [0.4, 0.5) is 5.69 Å². The van der Waals surface area contributed by atoms with Crippen molar-refractivity contribution in [2.45, 2.75) is 65.1 Å². The Balaban J connectivity index is 2.24. The molecule has 9 heteroatoms. The first-order chi connectivity index (χ1) is 16.3. The molecule has 0 spiro atoms. The van der Waals surface area contributed by atoms with Gasteiger partial charge in [-0.15, -0.1) is 0 Å². The van der Waals surface area contributed by atoms with Crippen LogP contribution < -0.4 is 9.62 Å². The van der Waals surface area contributed by atoms with Crippen molar-refractivity contribution in [1.29, 1.82) is 0 Å². The maximum atomic E-state index is 13.4. The normalized spacial score (nSPS) is 12.6. The molecule has 0 aliphatic carbocycles. The topological polar surface area (TPSA) is 86.8 Å². The lowest BCUT2D eigenvalue weighted by Gasteiger charge is -2.33. The summed E-state index contributed by atoms with van der Waals surface area (Å²) in [5.74, 6) is -0.468. The number of hydrogen-bond donors (Lipinski definition) is 1. The fourth-order valence-corrected chi connectivity index (χ4v) is 4.94. The molecule has 0 saturated carbocycles. The standard InChI is InChI=1S/C26H36ClN3O4S/c1-6-23(25(32)28-26(2,3)4)29(19-20-13-10-11-16-22(20)27)24(31)17-12-18-30(35(5,33)34)21-14-8-7-9-15-21/h7-11,13-16,23H,6,12,17-19H2,1-5H3,(H,28,32)/t23-/m0/s1. The van der Waals surface area contributed by atoms with Crippen LogP contribution in [0.1, 0.15) is 52.5 Å². The molecule has 7 nitrogen and oxygen atoms in total. The number of sulfonamides is 1. The molecule has 192 valence electrons. The number of para-hydroxylation sites is 1. The molecule has 0 radical (unpaired) electrons. The fraction of sp³-hybridized carbons (Fsp3) is 0.462. The van der Waals surface area contributed by atoms with E-state index in [2.05, 4.69) is 5.32 Å². The van der Waals surface area contributed by atoms with E-state index < -0.39 is 21.6 Å². The first kappa shape index (κ1) is 28.7. The van der Waals surface area contributed by atoms with Gasteiger partial charge in [-0.25, -0.2) is 8.42 Å². The van der Waals surface area contributed by atoms with Crippen LogP contribution in [-0.2, 0) is 26.2 Å². The number of rotatable bonds is 11. The maximum absolute atomic E-state index is 13.4. The second-order valence-corrected chi connectivity index (χ2v) is 11.9. The highest BCUT2D eigenvalue weighted by molar-refractivity contribution is 7.92. The number of nitrogens with one attached hydrogen (secondary N) is 1. The highest BCUT2D eigenvalue weighted by Crippen LogP contribution is 2.22. The van der Waals surface area contributed by atoms with E-state index in [1.165, 1.54) is 4.31 Å². The van der Waals surface area contributed by atoms with Crippen molar-refractivity contribution in [3.8, 4) is 0 Å². The summed E-state index contributed by atoms with van der Waals surface area (Å²) in [6, 6.07) is 15.3. The minimum atomic E-state index is -3.52. The molecule has 0 bridgehead atoms. The zero-order valence-corrected chi connectivity index (χ0v) is 22.7. The summed E-state index contributed by atoms with van der Waals surface area (Å²) in [6.45, 7) is 7.87. The zero-order valence-electron chi connectivity index (χ0n) is 21.1. The smallest absolute Gasteiger partial charge is 0.243 e. The maximum Gasteiger partial charge on any atom is 0.243 e. The molecule has 0 unspecified atom stereocenters. The molecular formula is C26H36ClN3O4S. The highest BCUT2D eigenvalue weighted by atomic mass is 35.5. The van der Waals surface area contributed by atoms with E-state index in [0.717, 1.165) is 11.8 Å². The van der Waals surface area contributed by atoms with Crippen LogP contribution in [0.15, 0.2) is 54.6 Å². The second kappa shape index (κ2) is 12.4. The molecule has 0 aliphatic rings. The van der Waals surface area contributed by atoms with Gasteiger partial charge in [0.25, 0.3) is 0 Å². The lowest BCUT2D eigenvalue weighted by Crippen LogP contribution is -2.53. The number of carbonyl (C=O) groups excluding carboxylic acids is 2. The summed E-state index contributed by atoms with van der Waals surface area (Å²) in [7, 11) is -3.52. The van der Waals surface area contributed by atoms with Gasteiger partial charge in [0.1, 0.15) is 6.04 Å². The Morgan fingerprint density at radius 3 is 2.17 bits per heavy atom. The monoisotopic (exact) mass is 521 g/mol. The Morgan fingerprint density at radius 1 is 1.03 bits per heavy atom. The van der Waals surface area contributed by atoms with Gasteiger partial charge in [-0.2, -0.15) is 0 Å². The van der Waals surface area contributed by atoms with Gasteiger partial charge in [-0.3, -0.25) is 13.9 Å². The third-order valence-electron chi connectivity index (χ3n) is 5.38. The Morgan fingerprint density at radius 2 is 1.63 bits per heavy atom. The Hall–Kier alpha value is -2.58. The van der Waals surface area contributed by atoms with Crippen LogP contribution in [0.25, 0.3) is 0 Å². The minimum Gasteiger partial charge on any atom is -0.350 e. The number of halogens is 1. The van der Waals surface area contributed by atoms with E-state index in [0.29, 0.717) is 23.6 Å².